The number of methoxy groups -OCH3 is 4. The highest BCUT2D eigenvalue weighted by Gasteiger charge is 2.25. The lowest BCUT2D eigenvalue weighted by atomic mass is 9.82. The van der Waals surface area contributed by atoms with Crippen LogP contribution in [-0.4, -0.2) is 45.3 Å². The lowest BCUT2D eigenvalue weighted by molar-refractivity contribution is -0.130. The molecule has 2 heterocycles. The average molecular weight is 611 g/mol. The number of carbonyl (C=O) groups is 1. The Kier molecular flexibility index (Phi) is 9.51. The smallest absolute Gasteiger partial charge is 0.363 e. The first-order valence-corrected chi connectivity index (χ1v) is 15.2. The van der Waals surface area contributed by atoms with Crippen molar-refractivity contribution in [2.24, 2.45) is 4.99 Å². The fourth-order valence-corrected chi connectivity index (χ4v) is 6.44. The summed E-state index contributed by atoms with van der Waals surface area (Å²) in [4.78, 5) is 19.2. The third kappa shape index (κ3) is 6.70. The Bertz CT molecular complexity index is 1800. The lowest BCUT2D eigenvalue weighted by Gasteiger charge is -2.23. The number of benzene rings is 3. The van der Waals surface area contributed by atoms with E-state index in [1.807, 2.05) is 13.0 Å². The number of nitrogens with one attached hydrogen (secondary N) is 1. The number of aromatic amines is 1. The number of aliphatic imine (C=N–C) groups is 1. The molecule has 0 radical (unpaired) electrons. The van der Waals surface area contributed by atoms with Crippen LogP contribution in [0.4, 0.5) is 0 Å². The second kappa shape index (κ2) is 13.5. The molecule has 3 aromatic carbocycles. The van der Waals surface area contributed by atoms with Crippen molar-refractivity contribution in [2.45, 2.75) is 59.3 Å². The highest BCUT2D eigenvalue weighted by atomic mass is 16.6. The molecular formula is C37H42N2O6. The first kappa shape index (κ1) is 31.7. The van der Waals surface area contributed by atoms with Crippen LogP contribution in [0.3, 0.4) is 0 Å². The van der Waals surface area contributed by atoms with Crippen molar-refractivity contribution < 1.29 is 28.5 Å². The number of rotatable bonds is 7. The van der Waals surface area contributed by atoms with Crippen molar-refractivity contribution >= 4 is 28.8 Å². The van der Waals surface area contributed by atoms with Gasteiger partial charge in [0.15, 0.2) is 34.6 Å². The monoisotopic (exact) mass is 610 g/mol. The van der Waals surface area contributed by atoms with Gasteiger partial charge in [-0.25, -0.2) is 9.79 Å². The first-order valence-electron chi connectivity index (χ1n) is 15.2. The van der Waals surface area contributed by atoms with Gasteiger partial charge in [0, 0.05) is 29.4 Å². The van der Waals surface area contributed by atoms with Gasteiger partial charge in [0.25, 0.3) is 0 Å². The number of H-pyrrole nitrogens is 1. The van der Waals surface area contributed by atoms with E-state index in [0.717, 1.165) is 34.6 Å². The van der Waals surface area contributed by atoms with Crippen molar-refractivity contribution in [3.63, 3.8) is 0 Å². The Morgan fingerprint density at radius 1 is 0.889 bits per heavy atom. The first-order chi connectivity index (χ1) is 21.6. The van der Waals surface area contributed by atoms with Crippen LogP contribution in [0.1, 0.15) is 64.8 Å². The molecule has 1 aromatic heterocycles. The molecule has 8 heteroatoms. The minimum absolute atomic E-state index is 0.282. The molecule has 6 rings (SSSR count). The summed E-state index contributed by atoms with van der Waals surface area (Å²) in [6, 6.07) is 14.8. The van der Waals surface area contributed by atoms with Gasteiger partial charge in [-0.2, -0.15) is 0 Å². The minimum Gasteiger partial charge on any atom is -0.493 e. The molecule has 45 heavy (non-hydrogen) atoms. The minimum atomic E-state index is -0.440. The average Bonchev–Trinajstić information content (AvgIpc) is 3.54. The Hall–Kier alpha value is -4.72. The SMILES string of the molecule is COc1cc(/C=C2\N=C(C)OC2=O)cc(C)c1OC.COc1cc(CC2CCCc3c2[nH]c2ccc(C)cc32)cc(C)c1OC. The molecule has 0 bridgehead atoms. The fourth-order valence-electron chi connectivity index (χ4n) is 6.44. The van der Waals surface area contributed by atoms with Crippen LogP contribution in [0.25, 0.3) is 17.0 Å². The van der Waals surface area contributed by atoms with E-state index in [2.05, 4.69) is 54.2 Å². The summed E-state index contributed by atoms with van der Waals surface area (Å²) in [5.41, 5.74) is 10.0. The molecule has 236 valence electrons. The van der Waals surface area contributed by atoms with Gasteiger partial charge in [-0.05, 0) is 111 Å². The van der Waals surface area contributed by atoms with E-state index in [0.29, 0.717) is 23.3 Å². The van der Waals surface area contributed by atoms with Crippen LogP contribution < -0.4 is 18.9 Å². The number of fused-ring (bicyclic) bond motifs is 3. The molecule has 8 nitrogen and oxygen atoms in total. The van der Waals surface area contributed by atoms with Gasteiger partial charge in [0.2, 0.25) is 0 Å². The molecule has 4 aromatic rings. The fraction of sp³-hybridized carbons (Fsp3) is 0.351. The molecule has 0 spiro atoms. The number of ether oxygens (including phenoxy) is 5. The maximum atomic E-state index is 11.5. The standard InChI is InChI=1S/C23H27NO2.C14H15NO4/c1-14-8-9-20-19(10-14)18-7-5-6-17(22(18)24-20)12-16-11-15(2)23(26-4)21(13-16)25-3;1-8-5-10(7-12(17-3)13(8)18-4)6-11-14(16)19-9(2)15-11/h8-11,13,17,24H,5-7,12H2,1-4H3;5-7H,1-4H3/b;11-6-. The van der Waals surface area contributed by atoms with Gasteiger partial charge in [-0.15, -0.1) is 0 Å². The molecule has 1 unspecified atom stereocenters. The van der Waals surface area contributed by atoms with Gasteiger partial charge < -0.3 is 28.7 Å². The zero-order valence-corrected chi connectivity index (χ0v) is 27.4. The molecule has 0 fully saturated rings. The number of esters is 1. The van der Waals surface area contributed by atoms with Crippen LogP contribution in [0.2, 0.25) is 0 Å². The number of carbonyl (C=O) groups excluding carboxylic acids is 1. The molecule has 1 atom stereocenters. The summed E-state index contributed by atoms with van der Waals surface area (Å²) in [6.45, 7) is 7.80. The molecular weight excluding hydrogens is 568 g/mol. The van der Waals surface area contributed by atoms with E-state index in [9.17, 15) is 4.79 Å². The zero-order chi connectivity index (χ0) is 32.2. The topological polar surface area (TPSA) is 91.4 Å². The predicted molar refractivity (Wildman–Crippen MR) is 178 cm³/mol. The molecule has 0 saturated heterocycles. The summed E-state index contributed by atoms with van der Waals surface area (Å²) in [7, 11) is 6.57. The molecule has 0 saturated carbocycles. The lowest BCUT2D eigenvalue weighted by Crippen LogP contribution is -2.12. The second-order valence-corrected chi connectivity index (χ2v) is 11.6. The molecule has 0 amide bonds. The zero-order valence-electron chi connectivity index (χ0n) is 27.4. The second-order valence-electron chi connectivity index (χ2n) is 11.6. The van der Waals surface area contributed by atoms with Crippen molar-refractivity contribution in [3.05, 3.63) is 87.2 Å². The molecule has 2 aliphatic rings. The third-order valence-electron chi connectivity index (χ3n) is 8.41. The molecule has 1 aliphatic heterocycles. The highest BCUT2D eigenvalue weighted by molar-refractivity contribution is 6.06. The summed E-state index contributed by atoms with van der Waals surface area (Å²) in [6.07, 6.45) is 6.35. The van der Waals surface area contributed by atoms with E-state index < -0.39 is 5.97 Å². The number of nitrogens with zero attached hydrogens (tertiary/aromatic N) is 1. The van der Waals surface area contributed by atoms with Crippen LogP contribution >= 0.6 is 0 Å². The van der Waals surface area contributed by atoms with E-state index in [1.54, 1.807) is 47.5 Å². The van der Waals surface area contributed by atoms with Crippen molar-refractivity contribution in [1.82, 2.24) is 4.98 Å². The van der Waals surface area contributed by atoms with Gasteiger partial charge in [-0.3, -0.25) is 0 Å². The van der Waals surface area contributed by atoms with Crippen LogP contribution in [0.5, 0.6) is 23.0 Å². The Morgan fingerprint density at radius 2 is 1.58 bits per heavy atom. The van der Waals surface area contributed by atoms with Crippen LogP contribution in [-0.2, 0) is 22.4 Å². The van der Waals surface area contributed by atoms with Gasteiger partial charge in [0.1, 0.15) is 0 Å². The van der Waals surface area contributed by atoms with Crippen LogP contribution in [0.15, 0.2) is 53.2 Å². The largest absolute Gasteiger partial charge is 0.493 e. The van der Waals surface area contributed by atoms with Crippen molar-refractivity contribution in [3.8, 4) is 23.0 Å². The predicted octanol–water partition coefficient (Wildman–Crippen LogP) is 7.79. The van der Waals surface area contributed by atoms with Gasteiger partial charge in [-0.1, -0.05) is 17.7 Å². The number of cyclic esters (lactones) is 1. The highest BCUT2D eigenvalue weighted by Crippen LogP contribution is 2.40. The van der Waals surface area contributed by atoms with E-state index in [4.69, 9.17) is 23.7 Å². The summed E-state index contributed by atoms with van der Waals surface area (Å²) in [5.74, 6) is 3.40. The van der Waals surface area contributed by atoms with E-state index in [-0.39, 0.29) is 5.70 Å². The Labute approximate surface area is 265 Å². The quantitative estimate of drug-likeness (QED) is 0.170. The normalized spacial score (nSPS) is 16.4. The summed E-state index contributed by atoms with van der Waals surface area (Å²) >= 11 is 0. The number of hydrogen-bond acceptors (Lipinski definition) is 7. The van der Waals surface area contributed by atoms with Crippen molar-refractivity contribution in [2.75, 3.05) is 28.4 Å². The van der Waals surface area contributed by atoms with Gasteiger partial charge in [0.05, 0.1) is 28.4 Å². The molecule has 1 N–H and O–H groups in total. The van der Waals surface area contributed by atoms with E-state index in [1.165, 1.54) is 52.5 Å². The van der Waals surface area contributed by atoms with E-state index >= 15 is 0 Å². The number of aryl methyl sites for hydroxylation is 4. The van der Waals surface area contributed by atoms with Gasteiger partial charge >= 0.3 is 5.97 Å². The Morgan fingerprint density at radius 3 is 2.22 bits per heavy atom. The summed E-state index contributed by atoms with van der Waals surface area (Å²) < 4.78 is 26.4. The maximum Gasteiger partial charge on any atom is 0.363 e. The molecule has 1 aliphatic carbocycles. The number of hydrogen-bond donors (Lipinski definition) is 1. The third-order valence-corrected chi connectivity index (χ3v) is 8.41. The maximum absolute atomic E-state index is 11.5. The van der Waals surface area contributed by atoms with Crippen molar-refractivity contribution in [1.29, 1.82) is 0 Å². The Balaban J connectivity index is 0.000000187. The number of aromatic nitrogens is 1. The van der Waals surface area contributed by atoms with Crippen LogP contribution in [0, 0.1) is 20.8 Å². The summed E-state index contributed by atoms with van der Waals surface area (Å²) in [5, 5.41) is 1.41.